The van der Waals surface area contributed by atoms with Crippen molar-refractivity contribution in [3.05, 3.63) is 35.9 Å². The van der Waals surface area contributed by atoms with Crippen molar-refractivity contribution in [1.82, 2.24) is 0 Å². The summed E-state index contributed by atoms with van der Waals surface area (Å²) in [7, 11) is 0. The Morgan fingerprint density at radius 2 is 1.69 bits per heavy atom. The molecule has 1 fully saturated rings. The van der Waals surface area contributed by atoms with E-state index >= 15 is 0 Å². The number of ether oxygens (including phenoxy) is 1. The summed E-state index contributed by atoms with van der Waals surface area (Å²) < 4.78 is 4.94. The van der Waals surface area contributed by atoms with Crippen molar-refractivity contribution < 1.29 is 4.74 Å². The molecule has 2 N–H and O–H groups in total. The third-order valence-corrected chi connectivity index (χ3v) is 1.91. The van der Waals surface area contributed by atoms with Gasteiger partial charge in [-0.3, -0.25) is 0 Å². The molecule has 2 heteroatoms. The molecule has 0 aromatic heterocycles. The lowest BCUT2D eigenvalue weighted by atomic mass is 10.2. The van der Waals surface area contributed by atoms with Gasteiger partial charge in [0.25, 0.3) is 0 Å². The molecule has 0 saturated carbocycles. The molecule has 0 amide bonds. The van der Waals surface area contributed by atoms with Crippen LogP contribution in [0.3, 0.4) is 0 Å². The molecule has 0 radical (unpaired) electrons. The predicted octanol–water partition coefficient (Wildman–Crippen LogP) is 1.94. The first-order chi connectivity index (χ1) is 6.43. The van der Waals surface area contributed by atoms with E-state index < -0.39 is 0 Å². The van der Waals surface area contributed by atoms with Gasteiger partial charge in [-0.15, -0.1) is 0 Å². The zero-order chi connectivity index (χ0) is 9.36. The quantitative estimate of drug-likeness (QED) is 0.715. The number of rotatable bonds is 1. The molecule has 0 spiro atoms. The average Bonchev–Trinajstić information content (AvgIpc) is 2.77. The summed E-state index contributed by atoms with van der Waals surface area (Å²) in [4.78, 5) is 0. The second-order valence-electron chi connectivity index (χ2n) is 3.01. The van der Waals surface area contributed by atoms with Crippen molar-refractivity contribution in [2.24, 2.45) is 5.73 Å². The molecule has 72 valence electrons. The van der Waals surface area contributed by atoms with Crippen LogP contribution in [0, 0.1) is 0 Å². The van der Waals surface area contributed by atoms with Gasteiger partial charge in [0.05, 0.1) is 0 Å². The van der Waals surface area contributed by atoms with E-state index in [1.807, 2.05) is 30.3 Å². The smallest absolute Gasteiger partial charge is 0.0466 e. The fraction of sp³-hybridized carbons (Fsp3) is 0.455. The normalized spacial score (nSPS) is 14.8. The summed E-state index contributed by atoms with van der Waals surface area (Å²) in [6, 6.07) is 9.99. The number of nitrogens with two attached hydrogens (primary N) is 1. The number of benzene rings is 1. The molecule has 1 aromatic rings. The lowest BCUT2D eigenvalue weighted by molar-refractivity contribution is 0.198. The highest BCUT2D eigenvalue weighted by atomic mass is 16.5. The van der Waals surface area contributed by atoms with Gasteiger partial charge in [-0.05, 0) is 18.4 Å². The predicted molar refractivity (Wildman–Crippen MR) is 54.4 cm³/mol. The maximum atomic E-state index is 5.35. The zero-order valence-corrected chi connectivity index (χ0v) is 7.91. The molecule has 1 aliphatic rings. The number of hydrogen-bond donors (Lipinski definition) is 1. The van der Waals surface area contributed by atoms with Crippen LogP contribution in [0.4, 0.5) is 0 Å². The molecule has 1 aliphatic heterocycles. The molecule has 1 heterocycles. The van der Waals surface area contributed by atoms with Crippen LogP contribution in [0.2, 0.25) is 0 Å². The minimum absolute atomic E-state index is 0.640. The fourth-order valence-corrected chi connectivity index (χ4v) is 1.12. The Balaban J connectivity index is 0.000000145. The maximum Gasteiger partial charge on any atom is 0.0466 e. The molecular weight excluding hydrogens is 162 g/mol. The topological polar surface area (TPSA) is 35.2 Å². The van der Waals surface area contributed by atoms with Crippen LogP contribution in [0.25, 0.3) is 0 Å². The van der Waals surface area contributed by atoms with Crippen LogP contribution >= 0.6 is 0 Å². The SMILES string of the molecule is C1CCOC1.NCc1ccccc1. The van der Waals surface area contributed by atoms with E-state index in [-0.39, 0.29) is 0 Å². The first-order valence-electron chi connectivity index (χ1n) is 4.75. The van der Waals surface area contributed by atoms with Crippen LogP contribution in [-0.2, 0) is 11.3 Å². The van der Waals surface area contributed by atoms with Gasteiger partial charge in [0.15, 0.2) is 0 Å². The molecule has 1 saturated heterocycles. The van der Waals surface area contributed by atoms with Crippen LogP contribution in [0.15, 0.2) is 30.3 Å². The lowest BCUT2D eigenvalue weighted by Gasteiger charge is -1.90. The summed E-state index contributed by atoms with van der Waals surface area (Å²) in [5.41, 5.74) is 6.54. The van der Waals surface area contributed by atoms with Gasteiger partial charge in [0.2, 0.25) is 0 Å². The van der Waals surface area contributed by atoms with Gasteiger partial charge in [-0.25, -0.2) is 0 Å². The lowest BCUT2D eigenvalue weighted by Crippen LogP contribution is -1.94. The van der Waals surface area contributed by atoms with Gasteiger partial charge in [-0.1, -0.05) is 30.3 Å². The monoisotopic (exact) mass is 179 g/mol. The van der Waals surface area contributed by atoms with Crippen LogP contribution in [-0.4, -0.2) is 13.2 Å². The second-order valence-corrected chi connectivity index (χ2v) is 3.01. The molecule has 1 aromatic carbocycles. The Kier molecular flexibility index (Phi) is 5.22. The zero-order valence-electron chi connectivity index (χ0n) is 7.91. The largest absolute Gasteiger partial charge is 0.381 e. The number of hydrogen-bond acceptors (Lipinski definition) is 2. The third-order valence-electron chi connectivity index (χ3n) is 1.91. The van der Waals surface area contributed by atoms with Crippen LogP contribution < -0.4 is 5.73 Å². The van der Waals surface area contributed by atoms with Gasteiger partial charge in [-0.2, -0.15) is 0 Å². The molecule has 0 unspecified atom stereocenters. The van der Waals surface area contributed by atoms with Crippen molar-refractivity contribution in [3.63, 3.8) is 0 Å². The highest BCUT2D eigenvalue weighted by molar-refractivity contribution is 5.13. The van der Waals surface area contributed by atoms with Crippen molar-refractivity contribution in [1.29, 1.82) is 0 Å². The first-order valence-corrected chi connectivity index (χ1v) is 4.75. The molecule has 0 atom stereocenters. The molecule has 0 aliphatic carbocycles. The first kappa shape index (κ1) is 10.2. The van der Waals surface area contributed by atoms with Crippen molar-refractivity contribution >= 4 is 0 Å². The molecule has 2 nitrogen and oxygen atoms in total. The van der Waals surface area contributed by atoms with Gasteiger partial charge >= 0.3 is 0 Å². The summed E-state index contributed by atoms with van der Waals surface area (Å²) in [6.45, 7) is 2.64. The standard InChI is InChI=1S/C7H9N.C4H8O/c8-6-7-4-2-1-3-5-7;1-2-4-5-3-1/h1-5H,6,8H2;1-4H2. The van der Waals surface area contributed by atoms with E-state index in [0.717, 1.165) is 13.2 Å². The van der Waals surface area contributed by atoms with E-state index in [9.17, 15) is 0 Å². The van der Waals surface area contributed by atoms with Gasteiger partial charge in [0, 0.05) is 19.8 Å². The minimum Gasteiger partial charge on any atom is -0.381 e. The van der Waals surface area contributed by atoms with E-state index in [0.29, 0.717) is 6.54 Å². The summed E-state index contributed by atoms with van der Waals surface area (Å²) in [6.07, 6.45) is 2.56. The highest BCUT2D eigenvalue weighted by Crippen LogP contribution is 1.98. The van der Waals surface area contributed by atoms with E-state index in [4.69, 9.17) is 10.5 Å². The Bertz CT molecular complexity index is 199. The maximum absolute atomic E-state index is 5.35. The fourth-order valence-electron chi connectivity index (χ4n) is 1.12. The summed E-state index contributed by atoms with van der Waals surface area (Å²) >= 11 is 0. The summed E-state index contributed by atoms with van der Waals surface area (Å²) in [5.74, 6) is 0. The van der Waals surface area contributed by atoms with E-state index in [2.05, 4.69) is 0 Å². The Labute approximate surface area is 79.7 Å². The second kappa shape index (κ2) is 6.63. The Morgan fingerprint density at radius 3 is 2.00 bits per heavy atom. The summed E-state index contributed by atoms with van der Waals surface area (Å²) in [5, 5.41) is 0. The van der Waals surface area contributed by atoms with Crippen LogP contribution in [0.5, 0.6) is 0 Å². The third kappa shape index (κ3) is 4.65. The molecule has 13 heavy (non-hydrogen) atoms. The van der Waals surface area contributed by atoms with Gasteiger partial charge in [0.1, 0.15) is 0 Å². The van der Waals surface area contributed by atoms with Crippen molar-refractivity contribution in [3.8, 4) is 0 Å². The van der Waals surface area contributed by atoms with E-state index in [1.165, 1.54) is 18.4 Å². The molecular formula is C11H17NO. The Morgan fingerprint density at radius 1 is 1.08 bits per heavy atom. The molecule has 2 rings (SSSR count). The van der Waals surface area contributed by atoms with Gasteiger partial charge < -0.3 is 10.5 Å². The minimum atomic E-state index is 0.640. The Hall–Kier alpha value is -0.860. The average molecular weight is 179 g/mol. The molecule has 0 bridgehead atoms. The highest BCUT2D eigenvalue weighted by Gasteiger charge is 1.94. The van der Waals surface area contributed by atoms with Crippen molar-refractivity contribution in [2.75, 3.05) is 13.2 Å². The van der Waals surface area contributed by atoms with Crippen molar-refractivity contribution in [2.45, 2.75) is 19.4 Å². The van der Waals surface area contributed by atoms with E-state index in [1.54, 1.807) is 0 Å². The van der Waals surface area contributed by atoms with Crippen LogP contribution in [0.1, 0.15) is 18.4 Å².